The molecule has 0 unspecified atom stereocenters. The molecule has 1 aliphatic carbocycles. The molecule has 1 atom stereocenters. The van der Waals surface area contributed by atoms with Gasteiger partial charge >= 0.3 is 0 Å². The van der Waals surface area contributed by atoms with E-state index in [9.17, 15) is 0 Å². The maximum atomic E-state index is 6.27. The van der Waals surface area contributed by atoms with Gasteiger partial charge in [0.15, 0.2) is 0 Å². The van der Waals surface area contributed by atoms with Gasteiger partial charge in [-0.05, 0) is 35.1 Å². The Morgan fingerprint density at radius 2 is 1.69 bits per heavy atom. The molecule has 0 radical (unpaired) electrons. The fourth-order valence-corrected chi connectivity index (χ4v) is 2.25. The van der Waals surface area contributed by atoms with Gasteiger partial charge in [-0.3, -0.25) is 0 Å². The molecule has 2 aromatic rings. The van der Waals surface area contributed by atoms with Crippen LogP contribution < -0.4 is 5.73 Å². The average molecular weight is 234 g/mol. The van der Waals surface area contributed by atoms with Crippen LogP contribution in [0.4, 0.5) is 0 Å². The van der Waals surface area contributed by atoms with E-state index < -0.39 is 0 Å². The summed E-state index contributed by atoms with van der Waals surface area (Å²) in [6.07, 6.45) is 2.59. The zero-order valence-corrected chi connectivity index (χ0v) is 9.91. The second kappa shape index (κ2) is 4.44. The molecule has 1 aliphatic rings. The maximum Gasteiger partial charge on any atom is 0.0329 e. The van der Waals surface area contributed by atoms with Gasteiger partial charge in [0.05, 0.1) is 0 Å². The minimum Gasteiger partial charge on any atom is -0.324 e. The first kappa shape index (κ1) is 11.4. The summed E-state index contributed by atoms with van der Waals surface area (Å²) in [5.74, 6) is 0.718. The van der Waals surface area contributed by atoms with Crippen LogP contribution >= 0.6 is 12.4 Å². The first-order chi connectivity index (χ1) is 7.36. The van der Waals surface area contributed by atoms with Gasteiger partial charge in [-0.2, -0.15) is 0 Å². The molecule has 84 valence electrons. The van der Waals surface area contributed by atoms with E-state index in [0.29, 0.717) is 0 Å². The Morgan fingerprint density at radius 1 is 1.00 bits per heavy atom. The molecule has 0 spiro atoms. The first-order valence-corrected chi connectivity index (χ1v) is 5.59. The molecule has 2 N–H and O–H groups in total. The molecule has 2 aromatic carbocycles. The summed E-state index contributed by atoms with van der Waals surface area (Å²) in [7, 11) is 0. The van der Waals surface area contributed by atoms with Gasteiger partial charge < -0.3 is 5.73 Å². The van der Waals surface area contributed by atoms with E-state index in [-0.39, 0.29) is 18.4 Å². The van der Waals surface area contributed by atoms with Crippen LogP contribution in [-0.2, 0) is 0 Å². The van der Waals surface area contributed by atoms with Crippen LogP contribution in [0, 0.1) is 5.92 Å². The van der Waals surface area contributed by atoms with Crippen molar-refractivity contribution in [2.45, 2.75) is 18.9 Å². The van der Waals surface area contributed by atoms with Crippen molar-refractivity contribution in [1.29, 1.82) is 0 Å². The Balaban J connectivity index is 0.000000963. The molecular weight excluding hydrogens is 218 g/mol. The summed E-state index contributed by atoms with van der Waals surface area (Å²) in [6, 6.07) is 15.2. The fourth-order valence-electron chi connectivity index (χ4n) is 2.25. The van der Waals surface area contributed by atoms with Gasteiger partial charge in [-0.15, -0.1) is 12.4 Å². The number of fused-ring (bicyclic) bond motifs is 1. The first-order valence-electron chi connectivity index (χ1n) is 5.59. The summed E-state index contributed by atoms with van der Waals surface area (Å²) in [6.45, 7) is 0. The Morgan fingerprint density at radius 3 is 2.44 bits per heavy atom. The highest BCUT2D eigenvalue weighted by Gasteiger charge is 2.30. The highest BCUT2D eigenvalue weighted by Crippen LogP contribution is 2.41. The largest absolute Gasteiger partial charge is 0.324 e. The molecule has 0 bridgehead atoms. The minimum atomic E-state index is 0. The highest BCUT2D eigenvalue weighted by molar-refractivity contribution is 5.86. The molecule has 0 saturated heterocycles. The van der Waals surface area contributed by atoms with E-state index in [0.717, 1.165) is 5.92 Å². The van der Waals surface area contributed by atoms with Crippen molar-refractivity contribution in [3.05, 3.63) is 48.0 Å². The van der Waals surface area contributed by atoms with E-state index in [4.69, 9.17) is 5.73 Å². The lowest BCUT2D eigenvalue weighted by atomic mass is 9.97. The van der Waals surface area contributed by atoms with Gasteiger partial charge in [0.25, 0.3) is 0 Å². The van der Waals surface area contributed by atoms with Crippen LogP contribution in [0.1, 0.15) is 24.4 Å². The van der Waals surface area contributed by atoms with Crippen molar-refractivity contribution in [1.82, 2.24) is 0 Å². The van der Waals surface area contributed by atoms with E-state index >= 15 is 0 Å². The summed E-state index contributed by atoms with van der Waals surface area (Å²) in [5.41, 5.74) is 7.58. The lowest BCUT2D eigenvalue weighted by molar-refractivity contribution is 0.638. The third-order valence-electron chi connectivity index (χ3n) is 3.31. The molecule has 3 rings (SSSR count). The normalized spacial score (nSPS) is 16.8. The smallest absolute Gasteiger partial charge is 0.0329 e. The lowest BCUT2D eigenvalue weighted by Crippen LogP contribution is -2.12. The Labute approximate surface area is 102 Å². The number of nitrogens with two attached hydrogens (primary N) is 1. The molecule has 0 heterocycles. The number of rotatable bonds is 2. The second-order valence-corrected chi connectivity index (χ2v) is 4.43. The van der Waals surface area contributed by atoms with E-state index in [1.807, 2.05) is 0 Å². The number of halogens is 1. The van der Waals surface area contributed by atoms with Crippen LogP contribution in [0.2, 0.25) is 0 Å². The van der Waals surface area contributed by atoms with Crippen LogP contribution in [0.5, 0.6) is 0 Å². The minimum absolute atomic E-state index is 0. The van der Waals surface area contributed by atoms with Gasteiger partial charge in [0, 0.05) is 6.04 Å². The van der Waals surface area contributed by atoms with Gasteiger partial charge in [0.1, 0.15) is 0 Å². The predicted octanol–water partition coefficient (Wildman–Crippen LogP) is 3.67. The van der Waals surface area contributed by atoms with Crippen molar-refractivity contribution in [2.24, 2.45) is 11.7 Å². The van der Waals surface area contributed by atoms with Crippen LogP contribution in [0.15, 0.2) is 42.5 Å². The number of hydrogen-bond acceptors (Lipinski definition) is 1. The topological polar surface area (TPSA) is 26.0 Å². The third-order valence-corrected chi connectivity index (χ3v) is 3.31. The Hall–Kier alpha value is -1.05. The standard InChI is InChI=1S/C14H15N.ClH/c15-14(11-8-9-11)13-7-3-5-10-4-1-2-6-12(10)13;/h1-7,11,14H,8-9,15H2;1H/t14-;/m0./s1. The highest BCUT2D eigenvalue weighted by atomic mass is 35.5. The van der Waals surface area contributed by atoms with Crippen molar-refractivity contribution >= 4 is 23.2 Å². The monoisotopic (exact) mass is 233 g/mol. The molecule has 16 heavy (non-hydrogen) atoms. The fraction of sp³-hybridized carbons (Fsp3) is 0.286. The van der Waals surface area contributed by atoms with E-state index in [2.05, 4.69) is 42.5 Å². The SMILES string of the molecule is Cl.N[C@H](c1cccc2ccccc12)C1CC1. The maximum absolute atomic E-state index is 6.27. The van der Waals surface area contributed by atoms with Crippen LogP contribution in [0.25, 0.3) is 10.8 Å². The lowest BCUT2D eigenvalue weighted by Gasteiger charge is -2.13. The number of hydrogen-bond donors (Lipinski definition) is 1. The molecule has 0 aliphatic heterocycles. The van der Waals surface area contributed by atoms with Crippen molar-refractivity contribution < 1.29 is 0 Å². The van der Waals surface area contributed by atoms with Gasteiger partial charge in [-0.25, -0.2) is 0 Å². The number of benzene rings is 2. The van der Waals surface area contributed by atoms with Gasteiger partial charge in [0.2, 0.25) is 0 Å². The zero-order chi connectivity index (χ0) is 10.3. The van der Waals surface area contributed by atoms with Crippen molar-refractivity contribution in [3.8, 4) is 0 Å². The summed E-state index contributed by atoms with van der Waals surface area (Å²) in [5, 5.41) is 2.62. The Kier molecular flexibility index (Phi) is 3.17. The summed E-state index contributed by atoms with van der Waals surface area (Å²) >= 11 is 0. The second-order valence-electron chi connectivity index (χ2n) is 4.43. The van der Waals surface area contributed by atoms with E-state index in [1.165, 1.54) is 29.2 Å². The molecule has 1 nitrogen and oxygen atoms in total. The van der Waals surface area contributed by atoms with Crippen molar-refractivity contribution in [3.63, 3.8) is 0 Å². The molecule has 0 amide bonds. The zero-order valence-electron chi connectivity index (χ0n) is 9.10. The molecule has 1 saturated carbocycles. The van der Waals surface area contributed by atoms with Crippen LogP contribution in [-0.4, -0.2) is 0 Å². The molecule has 2 heteroatoms. The van der Waals surface area contributed by atoms with E-state index in [1.54, 1.807) is 0 Å². The molecule has 1 fully saturated rings. The third kappa shape index (κ3) is 1.93. The Bertz CT molecular complexity index is 486. The van der Waals surface area contributed by atoms with Crippen LogP contribution in [0.3, 0.4) is 0 Å². The average Bonchev–Trinajstić information content (AvgIpc) is 3.11. The molecular formula is C14H16ClN. The quantitative estimate of drug-likeness (QED) is 0.842. The van der Waals surface area contributed by atoms with Gasteiger partial charge in [-0.1, -0.05) is 42.5 Å². The molecule has 0 aromatic heterocycles. The predicted molar refractivity (Wildman–Crippen MR) is 70.8 cm³/mol. The summed E-state index contributed by atoms with van der Waals surface area (Å²) < 4.78 is 0. The summed E-state index contributed by atoms with van der Waals surface area (Å²) in [4.78, 5) is 0. The van der Waals surface area contributed by atoms with Crippen molar-refractivity contribution in [2.75, 3.05) is 0 Å².